The molecule has 0 aliphatic rings. The molecular formula is C18H16N4O3S. The molecule has 0 saturated carbocycles. The second-order valence-electron chi connectivity index (χ2n) is 5.89. The zero-order valence-corrected chi connectivity index (χ0v) is 15.3. The first-order chi connectivity index (χ1) is 12.5. The van der Waals surface area contributed by atoms with E-state index in [0.29, 0.717) is 10.7 Å². The highest BCUT2D eigenvalue weighted by Gasteiger charge is 2.22. The minimum absolute atomic E-state index is 0.281. The number of rotatable bonds is 4. The molecule has 1 atom stereocenters. The molecule has 0 spiro atoms. The number of esters is 1. The van der Waals surface area contributed by atoms with Crippen molar-refractivity contribution in [2.45, 2.75) is 26.9 Å². The van der Waals surface area contributed by atoms with Gasteiger partial charge in [0.15, 0.2) is 11.9 Å². The Balaban J connectivity index is 1.64. The predicted molar refractivity (Wildman–Crippen MR) is 96.5 cm³/mol. The highest BCUT2D eigenvalue weighted by Crippen LogP contribution is 2.31. The number of aryl methyl sites for hydroxylation is 2. The molecule has 1 unspecified atom stereocenters. The van der Waals surface area contributed by atoms with Gasteiger partial charge in [-0.05, 0) is 39.0 Å². The highest BCUT2D eigenvalue weighted by molar-refractivity contribution is 7.20. The largest absolute Gasteiger partial charge is 0.448 e. The summed E-state index contributed by atoms with van der Waals surface area (Å²) < 4.78 is 12.4. The van der Waals surface area contributed by atoms with E-state index in [1.54, 1.807) is 13.8 Å². The van der Waals surface area contributed by atoms with Crippen molar-refractivity contribution in [3.05, 3.63) is 58.7 Å². The predicted octanol–water partition coefficient (Wildman–Crippen LogP) is 4.00. The minimum atomic E-state index is -0.611. The lowest BCUT2D eigenvalue weighted by Gasteiger charge is -2.07. The van der Waals surface area contributed by atoms with Gasteiger partial charge in [-0.3, -0.25) is 0 Å². The van der Waals surface area contributed by atoms with E-state index in [0.717, 1.165) is 21.6 Å². The van der Waals surface area contributed by atoms with Crippen LogP contribution in [0.3, 0.4) is 0 Å². The van der Waals surface area contributed by atoms with E-state index in [-0.39, 0.29) is 5.89 Å². The van der Waals surface area contributed by atoms with E-state index < -0.39 is 12.1 Å². The normalized spacial score (nSPS) is 12.4. The Morgan fingerprint density at radius 1 is 1.27 bits per heavy atom. The Labute approximate surface area is 153 Å². The van der Waals surface area contributed by atoms with Gasteiger partial charge in [-0.2, -0.15) is 10.1 Å². The molecule has 0 aliphatic heterocycles. The lowest BCUT2D eigenvalue weighted by atomic mass is 10.3. The summed E-state index contributed by atoms with van der Waals surface area (Å²) in [6.07, 6.45) is -0.611. The zero-order valence-electron chi connectivity index (χ0n) is 14.5. The Bertz CT molecular complexity index is 1080. The first-order valence-electron chi connectivity index (χ1n) is 8.08. The maximum absolute atomic E-state index is 12.5. The van der Waals surface area contributed by atoms with Crippen LogP contribution in [0.4, 0.5) is 0 Å². The maximum Gasteiger partial charge on any atom is 0.349 e. The third-order valence-electron chi connectivity index (χ3n) is 3.92. The van der Waals surface area contributed by atoms with Gasteiger partial charge < -0.3 is 9.26 Å². The lowest BCUT2D eigenvalue weighted by molar-refractivity contribution is 0.0271. The smallest absolute Gasteiger partial charge is 0.349 e. The number of carbonyl (C=O) groups excluding carboxylic acids is 1. The average molecular weight is 368 g/mol. The van der Waals surface area contributed by atoms with E-state index in [4.69, 9.17) is 9.26 Å². The molecule has 8 heteroatoms. The highest BCUT2D eigenvalue weighted by atomic mass is 32.1. The van der Waals surface area contributed by atoms with Crippen molar-refractivity contribution < 1.29 is 14.1 Å². The molecule has 0 radical (unpaired) electrons. The molecule has 4 aromatic rings. The van der Waals surface area contributed by atoms with Crippen molar-refractivity contribution in [1.29, 1.82) is 0 Å². The van der Waals surface area contributed by atoms with Crippen molar-refractivity contribution in [3.63, 3.8) is 0 Å². The van der Waals surface area contributed by atoms with Gasteiger partial charge in [-0.25, -0.2) is 9.48 Å². The first-order valence-corrected chi connectivity index (χ1v) is 8.90. The number of carbonyl (C=O) groups is 1. The van der Waals surface area contributed by atoms with Crippen LogP contribution in [-0.2, 0) is 4.74 Å². The van der Waals surface area contributed by atoms with Crippen molar-refractivity contribution in [2.24, 2.45) is 0 Å². The summed E-state index contributed by atoms with van der Waals surface area (Å²) in [6, 6.07) is 11.6. The molecule has 0 saturated heterocycles. The third-order valence-corrected chi connectivity index (χ3v) is 5.01. The number of hydrogen-bond donors (Lipinski definition) is 0. The summed E-state index contributed by atoms with van der Waals surface area (Å²) in [7, 11) is 0. The minimum Gasteiger partial charge on any atom is -0.448 e. The van der Waals surface area contributed by atoms with E-state index in [9.17, 15) is 4.79 Å². The molecule has 3 aromatic heterocycles. The summed E-state index contributed by atoms with van der Waals surface area (Å²) in [5, 5.41) is 9.23. The third kappa shape index (κ3) is 2.88. The SMILES string of the molecule is Cc1noc(C(C)OC(=O)c2cc3c(C)nn(-c4ccccc4)c3s2)n1. The number of ether oxygens (including phenoxy) is 1. The molecular weight excluding hydrogens is 352 g/mol. The van der Waals surface area contributed by atoms with Gasteiger partial charge in [-0.1, -0.05) is 23.4 Å². The molecule has 0 bridgehead atoms. The molecule has 0 N–H and O–H groups in total. The Hall–Kier alpha value is -3.00. The van der Waals surface area contributed by atoms with Crippen LogP contribution in [0.1, 0.15) is 40.1 Å². The monoisotopic (exact) mass is 368 g/mol. The van der Waals surface area contributed by atoms with Crippen molar-refractivity contribution in [2.75, 3.05) is 0 Å². The van der Waals surface area contributed by atoms with Crippen LogP contribution < -0.4 is 0 Å². The Morgan fingerprint density at radius 2 is 2.04 bits per heavy atom. The van der Waals surface area contributed by atoms with Gasteiger partial charge in [0.25, 0.3) is 5.89 Å². The summed E-state index contributed by atoms with van der Waals surface area (Å²) >= 11 is 1.35. The molecule has 26 heavy (non-hydrogen) atoms. The summed E-state index contributed by atoms with van der Waals surface area (Å²) in [5.41, 5.74) is 1.81. The van der Waals surface area contributed by atoms with E-state index in [1.807, 2.05) is 48.0 Å². The van der Waals surface area contributed by atoms with Gasteiger partial charge in [0.05, 0.1) is 11.4 Å². The molecule has 1 aromatic carbocycles. The van der Waals surface area contributed by atoms with Crippen molar-refractivity contribution >= 4 is 27.5 Å². The molecule has 132 valence electrons. The van der Waals surface area contributed by atoms with Crippen LogP contribution in [-0.4, -0.2) is 25.9 Å². The van der Waals surface area contributed by atoms with Crippen LogP contribution in [0.2, 0.25) is 0 Å². The van der Waals surface area contributed by atoms with Crippen LogP contribution >= 0.6 is 11.3 Å². The lowest BCUT2D eigenvalue weighted by Crippen LogP contribution is -2.08. The number of thiophene rings is 1. The summed E-state index contributed by atoms with van der Waals surface area (Å²) in [5.74, 6) is 0.362. The maximum atomic E-state index is 12.5. The molecule has 0 fully saturated rings. The van der Waals surface area contributed by atoms with Gasteiger partial charge in [0.1, 0.15) is 9.71 Å². The second-order valence-corrected chi connectivity index (χ2v) is 6.92. The average Bonchev–Trinajstić information content (AvgIpc) is 3.32. The van der Waals surface area contributed by atoms with Crippen LogP contribution in [0.25, 0.3) is 15.9 Å². The number of aromatic nitrogens is 4. The van der Waals surface area contributed by atoms with Gasteiger partial charge in [0.2, 0.25) is 0 Å². The van der Waals surface area contributed by atoms with E-state index in [1.165, 1.54) is 11.3 Å². The molecule has 7 nitrogen and oxygen atoms in total. The molecule has 0 amide bonds. The van der Waals surface area contributed by atoms with Crippen LogP contribution in [0, 0.1) is 13.8 Å². The number of para-hydroxylation sites is 1. The Kier molecular flexibility index (Phi) is 4.04. The standard InChI is InChI=1S/C18H16N4O3S/c1-10-14-9-15(18(23)24-11(2)16-19-12(3)21-25-16)26-17(14)22(20-10)13-7-5-4-6-8-13/h4-9,11H,1-3H3. The second kappa shape index (κ2) is 6.38. The number of nitrogens with zero attached hydrogens (tertiary/aromatic N) is 4. The fraction of sp³-hybridized carbons (Fsp3) is 0.222. The van der Waals surface area contributed by atoms with Gasteiger partial charge >= 0.3 is 5.97 Å². The fourth-order valence-corrected chi connectivity index (χ4v) is 3.71. The quantitative estimate of drug-likeness (QED) is 0.506. The van der Waals surface area contributed by atoms with E-state index >= 15 is 0 Å². The first kappa shape index (κ1) is 16.5. The van der Waals surface area contributed by atoms with Crippen molar-refractivity contribution in [3.8, 4) is 5.69 Å². The Morgan fingerprint density at radius 3 is 2.73 bits per heavy atom. The summed E-state index contributed by atoms with van der Waals surface area (Å²) in [6.45, 7) is 5.34. The molecule has 4 rings (SSSR count). The van der Waals surface area contributed by atoms with Crippen LogP contribution in [0.15, 0.2) is 40.9 Å². The molecule has 0 aliphatic carbocycles. The topological polar surface area (TPSA) is 83.0 Å². The van der Waals surface area contributed by atoms with Gasteiger partial charge in [0, 0.05) is 5.39 Å². The van der Waals surface area contributed by atoms with Gasteiger partial charge in [-0.15, -0.1) is 11.3 Å². The van der Waals surface area contributed by atoms with Crippen LogP contribution in [0.5, 0.6) is 0 Å². The molecule has 3 heterocycles. The van der Waals surface area contributed by atoms with E-state index in [2.05, 4.69) is 15.2 Å². The summed E-state index contributed by atoms with van der Waals surface area (Å²) in [4.78, 5) is 18.0. The number of hydrogen-bond acceptors (Lipinski definition) is 7. The van der Waals surface area contributed by atoms with Crippen molar-refractivity contribution in [1.82, 2.24) is 19.9 Å². The number of benzene rings is 1. The number of fused-ring (bicyclic) bond motifs is 1. The fourth-order valence-electron chi connectivity index (χ4n) is 2.64. The zero-order chi connectivity index (χ0) is 18.3.